The van der Waals surface area contributed by atoms with E-state index in [9.17, 15) is 9.59 Å². The first-order valence-electron chi connectivity index (χ1n) is 9.31. The summed E-state index contributed by atoms with van der Waals surface area (Å²) in [7, 11) is 1.62. The van der Waals surface area contributed by atoms with Crippen LogP contribution in [0.1, 0.15) is 32.1 Å². The number of anilines is 1. The van der Waals surface area contributed by atoms with E-state index in [1.54, 1.807) is 25.3 Å². The summed E-state index contributed by atoms with van der Waals surface area (Å²) < 4.78 is 5.20. The van der Waals surface area contributed by atoms with Crippen LogP contribution in [0.25, 0.3) is 0 Å². The van der Waals surface area contributed by atoms with Gasteiger partial charge in [-0.1, -0.05) is 35.9 Å². The van der Waals surface area contributed by atoms with Gasteiger partial charge in [0.1, 0.15) is 17.1 Å². The monoisotopic (exact) mass is 389 g/mol. The lowest BCUT2D eigenvalue weighted by atomic mass is 10.1. The predicted molar refractivity (Wildman–Crippen MR) is 112 cm³/mol. The van der Waals surface area contributed by atoms with E-state index in [0.29, 0.717) is 18.7 Å². The molecule has 148 valence electrons. The van der Waals surface area contributed by atoms with Crippen molar-refractivity contribution in [3.8, 4) is 5.75 Å². The van der Waals surface area contributed by atoms with Gasteiger partial charge in [0, 0.05) is 12.2 Å². The first kappa shape index (κ1) is 20.1. The Balaban J connectivity index is 1.58. The van der Waals surface area contributed by atoms with Crippen LogP contribution in [0.2, 0.25) is 0 Å². The maximum absolute atomic E-state index is 12.4. The quantitative estimate of drug-likeness (QED) is 0.647. The minimum absolute atomic E-state index is 0.186. The van der Waals surface area contributed by atoms with Crippen LogP contribution in [0.5, 0.6) is 5.75 Å². The fraction of sp³-hybridized carbons (Fsp3) is 0.174. The number of ether oxygens (including phenoxy) is 1. The number of pyridine rings is 1. The third kappa shape index (κ3) is 5.65. The van der Waals surface area contributed by atoms with Gasteiger partial charge >= 0.3 is 0 Å². The fourth-order valence-corrected chi connectivity index (χ4v) is 2.76. The van der Waals surface area contributed by atoms with Crippen molar-refractivity contribution in [2.75, 3.05) is 19.0 Å². The Morgan fingerprint density at radius 2 is 1.62 bits per heavy atom. The largest absolute Gasteiger partial charge is 0.497 e. The van der Waals surface area contributed by atoms with Crippen molar-refractivity contribution in [3.63, 3.8) is 0 Å². The molecule has 2 amide bonds. The molecule has 0 fully saturated rings. The Kier molecular flexibility index (Phi) is 6.58. The second-order valence-corrected chi connectivity index (χ2v) is 6.59. The van der Waals surface area contributed by atoms with Crippen molar-refractivity contribution in [2.24, 2.45) is 0 Å². The van der Waals surface area contributed by atoms with Crippen LogP contribution in [0.3, 0.4) is 0 Å². The lowest BCUT2D eigenvalue weighted by Gasteiger charge is -2.08. The minimum Gasteiger partial charge on any atom is -0.497 e. The van der Waals surface area contributed by atoms with E-state index < -0.39 is 0 Å². The molecule has 3 aromatic rings. The number of nitrogens with zero attached hydrogens (tertiary/aromatic N) is 1. The van der Waals surface area contributed by atoms with Gasteiger partial charge in [-0.25, -0.2) is 4.98 Å². The highest BCUT2D eigenvalue weighted by Gasteiger charge is 2.12. The zero-order valence-corrected chi connectivity index (χ0v) is 16.4. The van der Waals surface area contributed by atoms with Gasteiger partial charge < -0.3 is 15.4 Å². The van der Waals surface area contributed by atoms with Crippen molar-refractivity contribution >= 4 is 17.5 Å². The second-order valence-electron chi connectivity index (χ2n) is 6.59. The van der Waals surface area contributed by atoms with E-state index >= 15 is 0 Å². The molecule has 0 aliphatic rings. The fourth-order valence-electron chi connectivity index (χ4n) is 2.76. The molecule has 0 aliphatic carbocycles. The van der Waals surface area contributed by atoms with Crippen LogP contribution >= 0.6 is 0 Å². The molecule has 2 N–H and O–H groups in total. The minimum atomic E-state index is -0.361. The summed E-state index contributed by atoms with van der Waals surface area (Å²) in [6, 6.07) is 20.0. The third-order valence-corrected chi connectivity index (χ3v) is 4.36. The summed E-state index contributed by atoms with van der Waals surface area (Å²) in [5.74, 6) is 0.0977. The summed E-state index contributed by atoms with van der Waals surface area (Å²) >= 11 is 0. The molecule has 0 unspecified atom stereocenters. The van der Waals surface area contributed by atoms with Gasteiger partial charge in [-0.3, -0.25) is 9.59 Å². The summed E-state index contributed by atoms with van der Waals surface area (Å²) in [4.78, 5) is 29.0. The van der Waals surface area contributed by atoms with Crippen molar-refractivity contribution in [1.29, 1.82) is 0 Å². The van der Waals surface area contributed by atoms with Crippen molar-refractivity contribution in [3.05, 3.63) is 89.2 Å². The van der Waals surface area contributed by atoms with E-state index in [2.05, 4.69) is 15.6 Å². The Morgan fingerprint density at radius 3 is 2.34 bits per heavy atom. The summed E-state index contributed by atoms with van der Waals surface area (Å²) in [6.45, 7) is 2.43. The van der Waals surface area contributed by atoms with Gasteiger partial charge in [0.25, 0.3) is 11.8 Å². The zero-order valence-electron chi connectivity index (χ0n) is 16.4. The van der Waals surface area contributed by atoms with Crippen LogP contribution in [0, 0.1) is 6.92 Å². The number of carbonyl (C=O) groups excluding carboxylic acids is 2. The number of hydrogen-bond donors (Lipinski definition) is 2. The Morgan fingerprint density at radius 1 is 0.931 bits per heavy atom. The zero-order chi connectivity index (χ0) is 20.6. The predicted octanol–water partition coefficient (Wildman–Crippen LogP) is 3.62. The molecule has 0 bridgehead atoms. The number of methoxy groups -OCH3 is 1. The van der Waals surface area contributed by atoms with Crippen LogP contribution in [-0.2, 0) is 6.42 Å². The van der Waals surface area contributed by atoms with Crippen LogP contribution in [0.4, 0.5) is 5.69 Å². The number of rotatable bonds is 7. The summed E-state index contributed by atoms with van der Waals surface area (Å²) in [5.41, 5.74) is 3.23. The molecule has 0 radical (unpaired) electrons. The van der Waals surface area contributed by atoms with Crippen LogP contribution in [-0.4, -0.2) is 30.5 Å². The second kappa shape index (κ2) is 9.50. The number of nitrogens with one attached hydrogen (secondary N) is 2. The molecule has 1 aromatic heterocycles. The lowest BCUT2D eigenvalue weighted by Crippen LogP contribution is -2.27. The Bertz CT molecular complexity index is 1000. The topological polar surface area (TPSA) is 80.3 Å². The smallest absolute Gasteiger partial charge is 0.274 e. The van der Waals surface area contributed by atoms with Gasteiger partial charge in [-0.2, -0.15) is 0 Å². The van der Waals surface area contributed by atoms with Gasteiger partial charge in [-0.15, -0.1) is 0 Å². The van der Waals surface area contributed by atoms with Gasteiger partial charge in [0.05, 0.1) is 7.11 Å². The van der Waals surface area contributed by atoms with Crippen LogP contribution < -0.4 is 15.4 Å². The highest BCUT2D eigenvalue weighted by atomic mass is 16.5. The van der Waals surface area contributed by atoms with Gasteiger partial charge in [0.15, 0.2) is 0 Å². The van der Waals surface area contributed by atoms with E-state index in [0.717, 1.165) is 16.9 Å². The molecule has 3 rings (SSSR count). The summed E-state index contributed by atoms with van der Waals surface area (Å²) in [5, 5.41) is 5.62. The molecule has 0 aliphatic heterocycles. The molecular formula is C23H23N3O3. The molecule has 29 heavy (non-hydrogen) atoms. The van der Waals surface area contributed by atoms with Crippen molar-refractivity contribution in [1.82, 2.24) is 10.3 Å². The number of benzene rings is 2. The maximum Gasteiger partial charge on any atom is 0.274 e. The summed E-state index contributed by atoms with van der Waals surface area (Å²) in [6.07, 6.45) is 0.663. The number of aromatic nitrogens is 1. The molecule has 2 aromatic carbocycles. The molecule has 1 heterocycles. The Hall–Kier alpha value is -3.67. The first-order chi connectivity index (χ1) is 14.0. The highest BCUT2D eigenvalue weighted by molar-refractivity contribution is 6.03. The average Bonchev–Trinajstić information content (AvgIpc) is 2.75. The van der Waals surface area contributed by atoms with E-state index in [1.807, 2.05) is 55.5 Å². The van der Waals surface area contributed by atoms with Gasteiger partial charge in [-0.05, 0) is 55.3 Å². The molecule has 0 saturated carbocycles. The number of hydrogen-bond acceptors (Lipinski definition) is 4. The number of carbonyl (C=O) groups is 2. The van der Waals surface area contributed by atoms with Crippen LogP contribution in [0.15, 0.2) is 66.7 Å². The molecular weight excluding hydrogens is 366 g/mol. The number of aryl methyl sites for hydroxylation is 1. The van der Waals surface area contributed by atoms with Crippen molar-refractivity contribution in [2.45, 2.75) is 13.3 Å². The SMILES string of the molecule is COc1cccc(CCNC(=O)c2cccc(C(=O)Nc3ccc(C)cc3)n2)c1. The maximum atomic E-state index is 12.4. The molecule has 0 spiro atoms. The Labute approximate surface area is 169 Å². The normalized spacial score (nSPS) is 10.3. The lowest BCUT2D eigenvalue weighted by molar-refractivity contribution is 0.0949. The third-order valence-electron chi connectivity index (χ3n) is 4.36. The highest BCUT2D eigenvalue weighted by Crippen LogP contribution is 2.13. The molecule has 6 heteroatoms. The van der Waals surface area contributed by atoms with Gasteiger partial charge in [0.2, 0.25) is 0 Å². The molecule has 0 atom stereocenters. The molecule has 6 nitrogen and oxygen atoms in total. The molecule has 0 saturated heterocycles. The van der Waals surface area contributed by atoms with Crippen molar-refractivity contribution < 1.29 is 14.3 Å². The average molecular weight is 389 g/mol. The number of amides is 2. The first-order valence-corrected chi connectivity index (χ1v) is 9.31. The van der Waals surface area contributed by atoms with E-state index in [-0.39, 0.29) is 23.2 Å². The van der Waals surface area contributed by atoms with E-state index in [4.69, 9.17) is 4.74 Å². The standard InChI is InChI=1S/C23H23N3O3/c1-16-9-11-18(12-10-16)25-23(28)21-8-4-7-20(26-21)22(27)24-14-13-17-5-3-6-19(15-17)29-2/h3-12,15H,13-14H2,1-2H3,(H,24,27)(H,25,28). The van der Waals surface area contributed by atoms with E-state index in [1.165, 1.54) is 0 Å².